The van der Waals surface area contributed by atoms with E-state index in [-0.39, 0.29) is 11.9 Å². The molecule has 5 nitrogen and oxygen atoms in total. The molecule has 3 aromatic rings. The predicted molar refractivity (Wildman–Crippen MR) is 129 cm³/mol. The summed E-state index contributed by atoms with van der Waals surface area (Å²) in [6.07, 6.45) is 6.00. The molecule has 5 heteroatoms. The number of rotatable bonds is 7. The van der Waals surface area contributed by atoms with E-state index in [0.717, 1.165) is 53.2 Å². The van der Waals surface area contributed by atoms with Crippen molar-refractivity contribution >= 4 is 17.3 Å². The maximum atomic E-state index is 12.5. The number of pyridine rings is 1. The number of ether oxygens (including phenoxy) is 1. The average molecular weight is 428 g/mol. The van der Waals surface area contributed by atoms with Crippen molar-refractivity contribution in [2.45, 2.75) is 45.6 Å². The Morgan fingerprint density at radius 3 is 2.66 bits per heavy atom. The topological polar surface area (TPSA) is 63.6 Å². The average Bonchev–Trinajstić information content (AvgIpc) is 2.82. The highest BCUT2D eigenvalue weighted by atomic mass is 16.5. The first kappa shape index (κ1) is 21.8. The second kappa shape index (κ2) is 9.77. The van der Waals surface area contributed by atoms with Gasteiger partial charge in [0.1, 0.15) is 5.75 Å². The second-order valence-corrected chi connectivity index (χ2v) is 8.22. The molecule has 0 bridgehead atoms. The van der Waals surface area contributed by atoms with Gasteiger partial charge in [0.25, 0.3) is 5.91 Å². The largest absolute Gasteiger partial charge is 0.497 e. The van der Waals surface area contributed by atoms with Gasteiger partial charge in [-0.3, -0.25) is 14.8 Å². The minimum Gasteiger partial charge on any atom is -0.497 e. The molecule has 0 radical (unpaired) electrons. The van der Waals surface area contributed by atoms with Crippen molar-refractivity contribution < 1.29 is 9.53 Å². The molecular formula is C27H29N3O2. The van der Waals surface area contributed by atoms with Crippen molar-refractivity contribution in [3.8, 4) is 5.75 Å². The number of nitrogens with zero attached hydrogens (tertiary/aromatic N) is 2. The van der Waals surface area contributed by atoms with Crippen LogP contribution in [0.3, 0.4) is 0 Å². The molecule has 2 aromatic carbocycles. The van der Waals surface area contributed by atoms with E-state index in [1.54, 1.807) is 25.4 Å². The Bertz CT molecular complexity index is 1140. The van der Waals surface area contributed by atoms with Crippen molar-refractivity contribution in [3.63, 3.8) is 0 Å². The monoisotopic (exact) mass is 427 g/mol. The number of hydrogen-bond acceptors (Lipinski definition) is 4. The highest BCUT2D eigenvalue weighted by molar-refractivity contribution is 6.14. The molecule has 0 fully saturated rings. The normalized spacial score (nSPS) is 15.0. The Morgan fingerprint density at radius 1 is 1.12 bits per heavy atom. The minimum absolute atomic E-state index is 0.143. The highest BCUT2D eigenvalue weighted by Crippen LogP contribution is 2.29. The zero-order valence-corrected chi connectivity index (χ0v) is 18.9. The van der Waals surface area contributed by atoms with Gasteiger partial charge in [0.05, 0.1) is 18.9 Å². The molecule has 164 valence electrons. The third kappa shape index (κ3) is 4.88. The van der Waals surface area contributed by atoms with Crippen molar-refractivity contribution in [1.82, 2.24) is 4.98 Å². The first-order chi connectivity index (χ1) is 15.6. The SMILES string of the molecule is CCCC[C@H]1Cc2cc(OC)ccc2C(c2ccc(NC(=O)c3ccnc(C)c3)cc2)=N1. The summed E-state index contributed by atoms with van der Waals surface area (Å²) >= 11 is 0. The number of nitrogens with one attached hydrogen (secondary N) is 1. The van der Waals surface area contributed by atoms with Crippen LogP contribution in [0, 0.1) is 6.92 Å². The van der Waals surface area contributed by atoms with Crippen LogP contribution in [0.5, 0.6) is 5.75 Å². The molecule has 1 N–H and O–H groups in total. The molecule has 1 aliphatic rings. The number of methoxy groups -OCH3 is 1. The second-order valence-electron chi connectivity index (χ2n) is 8.22. The zero-order chi connectivity index (χ0) is 22.5. The third-order valence-electron chi connectivity index (χ3n) is 5.80. The quantitative estimate of drug-likeness (QED) is 0.534. The number of anilines is 1. The van der Waals surface area contributed by atoms with Crippen LogP contribution in [-0.4, -0.2) is 29.8 Å². The molecule has 1 aromatic heterocycles. The summed E-state index contributed by atoms with van der Waals surface area (Å²) in [5.41, 5.74) is 6.66. The summed E-state index contributed by atoms with van der Waals surface area (Å²) in [6, 6.07) is 17.9. The van der Waals surface area contributed by atoms with Crippen molar-refractivity contribution in [2.75, 3.05) is 12.4 Å². The van der Waals surface area contributed by atoms with Crippen molar-refractivity contribution in [1.29, 1.82) is 0 Å². The summed E-state index contributed by atoms with van der Waals surface area (Å²) in [5, 5.41) is 2.96. The van der Waals surface area contributed by atoms with E-state index >= 15 is 0 Å². The molecule has 2 heterocycles. The van der Waals surface area contributed by atoms with E-state index in [4.69, 9.17) is 9.73 Å². The van der Waals surface area contributed by atoms with Crippen molar-refractivity contribution in [2.24, 2.45) is 4.99 Å². The number of aliphatic imine (C=N–C) groups is 1. The smallest absolute Gasteiger partial charge is 0.255 e. The minimum atomic E-state index is -0.143. The molecule has 0 spiro atoms. The summed E-state index contributed by atoms with van der Waals surface area (Å²) in [6.45, 7) is 4.09. The number of benzene rings is 2. The summed E-state index contributed by atoms with van der Waals surface area (Å²) in [7, 11) is 1.70. The molecule has 1 aliphatic heterocycles. The van der Waals surface area contributed by atoms with Crippen molar-refractivity contribution in [3.05, 3.63) is 88.7 Å². The van der Waals surface area contributed by atoms with Gasteiger partial charge in [-0.15, -0.1) is 0 Å². The molecule has 1 atom stereocenters. The zero-order valence-electron chi connectivity index (χ0n) is 18.9. The molecule has 0 aliphatic carbocycles. The first-order valence-corrected chi connectivity index (χ1v) is 11.2. The van der Waals surface area contributed by atoms with Crippen LogP contribution in [0.1, 0.15) is 58.9 Å². The van der Waals surface area contributed by atoms with Gasteiger partial charge >= 0.3 is 0 Å². The van der Waals surface area contributed by atoms with Gasteiger partial charge in [0.2, 0.25) is 0 Å². The van der Waals surface area contributed by atoms with E-state index in [0.29, 0.717) is 5.56 Å². The third-order valence-corrected chi connectivity index (χ3v) is 5.80. The van der Waals surface area contributed by atoms with Crippen LogP contribution in [-0.2, 0) is 6.42 Å². The van der Waals surface area contributed by atoms with E-state index < -0.39 is 0 Å². The number of aromatic nitrogens is 1. The Morgan fingerprint density at radius 2 is 1.94 bits per heavy atom. The Labute approximate surface area is 189 Å². The number of fused-ring (bicyclic) bond motifs is 1. The lowest BCUT2D eigenvalue weighted by atomic mass is 9.88. The molecule has 32 heavy (non-hydrogen) atoms. The molecule has 0 saturated heterocycles. The van der Waals surface area contributed by atoms with Crippen LogP contribution in [0.4, 0.5) is 5.69 Å². The summed E-state index contributed by atoms with van der Waals surface area (Å²) in [4.78, 5) is 21.8. The molecule has 4 rings (SSSR count). The Hall–Kier alpha value is -3.47. The van der Waals surface area contributed by atoms with Crippen LogP contribution in [0.15, 0.2) is 65.8 Å². The maximum Gasteiger partial charge on any atom is 0.255 e. The number of amides is 1. The lowest BCUT2D eigenvalue weighted by Crippen LogP contribution is -2.22. The van der Waals surface area contributed by atoms with Crippen LogP contribution < -0.4 is 10.1 Å². The standard InChI is InChI=1S/C27H29N3O2/c1-4-5-6-23-16-21-17-24(32-3)11-12-25(21)26(29-23)19-7-9-22(10-8-19)30-27(31)20-13-14-28-18(2)15-20/h7-15,17,23H,4-6,16H2,1-3H3,(H,30,31)/t23-/m0/s1. The van der Waals surface area contributed by atoms with Gasteiger partial charge in [-0.05, 0) is 67.8 Å². The maximum absolute atomic E-state index is 12.5. The van der Waals surface area contributed by atoms with Gasteiger partial charge in [0, 0.05) is 34.3 Å². The molecular weight excluding hydrogens is 398 g/mol. The van der Waals surface area contributed by atoms with Crippen LogP contribution in [0.25, 0.3) is 0 Å². The number of hydrogen-bond donors (Lipinski definition) is 1. The van der Waals surface area contributed by atoms with E-state index in [9.17, 15) is 4.79 Å². The Balaban J connectivity index is 1.58. The van der Waals surface area contributed by atoms with Gasteiger partial charge in [-0.2, -0.15) is 0 Å². The van der Waals surface area contributed by atoms with E-state index in [1.165, 1.54) is 12.0 Å². The molecule has 0 unspecified atom stereocenters. The van der Waals surface area contributed by atoms with Gasteiger partial charge in [0.15, 0.2) is 0 Å². The Kier molecular flexibility index (Phi) is 6.64. The molecule has 0 saturated carbocycles. The van der Waals surface area contributed by atoms with E-state index in [1.807, 2.05) is 37.3 Å². The molecule has 1 amide bonds. The van der Waals surface area contributed by atoms with Crippen LogP contribution in [0.2, 0.25) is 0 Å². The van der Waals surface area contributed by atoms with E-state index in [2.05, 4.69) is 29.4 Å². The fourth-order valence-corrected chi connectivity index (χ4v) is 4.09. The number of carbonyl (C=O) groups excluding carboxylic acids is 1. The lowest BCUT2D eigenvalue weighted by molar-refractivity contribution is 0.102. The summed E-state index contributed by atoms with van der Waals surface area (Å²) in [5.74, 6) is 0.735. The fourth-order valence-electron chi connectivity index (χ4n) is 4.09. The lowest BCUT2D eigenvalue weighted by Gasteiger charge is -2.24. The summed E-state index contributed by atoms with van der Waals surface area (Å²) < 4.78 is 5.45. The van der Waals surface area contributed by atoms with Gasteiger partial charge in [-0.1, -0.05) is 31.9 Å². The highest BCUT2D eigenvalue weighted by Gasteiger charge is 2.22. The number of carbonyl (C=O) groups is 1. The predicted octanol–water partition coefficient (Wildman–Crippen LogP) is 5.60. The first-order valence-electron chi connectivity index (χ1n) is 11.2. The number of unbranched alkanes of at least 4 members (excludes halogenated alkanes) is 1. The fraction of sp³-hybridized carbons (Fsp3) is 0.296. The van der Waals surface area contributed by atoms with Gasteiger partial charge in [-0.25, -0.2) is 0 Å². The number of aryl methyl sites for hydroxylation is 1. The van der Waals surface area contributed by atoms with Crippen LogP contribution >= 0.6 is 0 Å². The van der Waals surface area contributed by atoms with Gasteiger partial charge < -0.3 is 10.1 Å².